The summed E-state index contributed by atoms with van der Waals surface area (Å²) in [6.45, 7) is 6.30. The summed E-state index contributed by atoms with van der Waals surface area (Å²) >= 11 is 0. The normalized spacial score (nSPS) is 12.9. The fraction of sp³-hybridized carbons (Fsp3) is 0.653. The van der Waals surface area contributed by atoms with E-state index in [2.05, 4.69) is 93.7 Å². The fourth-order valence-electron chi connectivity index (χ4n) is 5.53. The lowest BCUT2D eigenvalue weighted by Crippen LogP contribution is -2.30. The Balaban J connectivity index is 4.52. The van der Waals surface area contributed by atoms with Crippen LogP contribution in [0.1, 0.15) is 188 Å². The zero-order chi connectivity index (χ0) is 40.1. The Morgan fingerprint density at radius 3 is 1.27 bits per heavy atom. The van der Waals surface area contributed by atoms with Gasteiger partial charge < -0.3 is 14.2 Å². The summed E-state index contributed by atoms with van der Waals surface area (Å²) in [5, 5.41) is 0. The van der Waals surface area contributed by atoms with Crippen molar-refractivity contribution in [3.05, 3.63) is 85.1 Å². The predicted molar refractivity (Wildman–Crippen MR) is 233 cm³/mol. The zero-order valence-electron chi connectivity index (χ0n) is 35.4. The summed E-state index contributed by atoms with van der Waals surface area (Å²) < 4.78 is 16.6. The molecule has 0 saturated heterocycles. The number of hydrogen-bond donors (Lipinski definition) is 0. The highest BCUT2D eigenvalue weighted by atomic mass is 16.6. The minimum atomic E-state index is -0.821. The van der Waals surface area contributed by atoms with E-state index in [-0.39, 0.29) is 31.6 Å². The monoisotopic (exact) mass is 765 g/mol. The van der Waals surface area contributed by atoms with Crippen LogP contribution in [0.3, 0.4) is 0 Å². The number of unbranched alkanes of at least 4 members (excludes halogenated alkanes) is 13. The maximum atomic E-state index is 12.7. The molecule has 0 spiro atoms. The zero-order valence-corrected chi connectivity index (χ0v) is 35.4. The van der Waals surface area contributed by atoms with E-state index >= 15 is 0 Å². The minimum absolute atomic E-state index is 0.116. The van der Waals surface area contributed by atoms with Crippen molar-refractivity contribution in [3.8, 4) is 0 Å². The molecule has 0 bridgehead atoms. The third-order valence-corrected chi connectivity index (χ3v) is 8.85. The molecule has 0 fully saturated rings. The molecule has 0 N–H and O–H groups in total. The molecule has 6 heteroatoms. The molecule has 0 aliphatic carbocycles. The van der Waals surface area contributed by atoms with Crippen molar-refractivity contribution in [1.29, 1.82) is 0 Å². The molecule has 0 rings (SSSR count). The first kappa shape index (κ1) is 51.6. The van der Waals surface area contributed by atoms with Crippen LogP contribution in [0.15, 0.2) is 85.1 Å². The third kappa shape index (κ3) is 41.6. The van der Waals surface area contributed by atoms with Crippen LogP contribution in [0.2, 0.25) is 0 Å². The molecule has 0 aromatic carbocycles. The second kappa shape index (κ2) is 43.3. The van der Waals surface area contributed by atoms with E-state index in [1.54, 1.807) is 0 Å². The largest absolute Gasteiger partial charge is 0.462 e. The van der Waals surface area contributed by atoms with Crippen LogP contribution in [0.5, 0.6) is 0 Å². The first-order valence-electron chi connectivity index (χ1n) is 22.1. The van der Waals surface area contributed by atoms with Gasteiger partial charge in [-0.2, -0.15) is 0 Å². The quantitative estimate of drug-likeness (QED) is 0.0270. The third-order valence-electron chi connectivity index (χ3n) is 8.85. The Morgan fingerprint density at radius 1 is 0.382 bits per heavy atom. The van der Waals surface area contributed by atoms with Crippen LogP contribution in [-0.2, 0) is 28.6 Å². The molecular weight excluding hydrogens is 685 g/mol. The van der Waals surface area contributed by atoms with Gasteiger partial charge in [0.2, 0.25) is 0 Å². The van der Waals surface area contributed by atoms with Gasteiger partial charge >= 0.3 is 17.9 Å². The molecule has 312 valence electrons. The molecule has 0 aromatic heterocycles. The Bertz CT molecular complexity index is 1110. The molecule has 0 aliphatic rings. The molecule has 0 heterocycles. The van der Waals surface area contributed by atoms with E-state index in [0.29, 0.717) is 19.3 Å². The second-order valence-corrected chi connectivity index (χ2v) is 14.2. The molecule has 0 radical (unpaired) electrons. The Hall–Kier alpha value is -3.41. The van der Waals surface area contributed by atoms with Gasteiger partial charge in [0.1, 0.15) is 13.2 Å². The number of rotatable bonds is 38. The molecule has 0 aliphatic heterocycles. The van der Waals surface area contributed by atoms with Crippen LogP contribution >= 0.6 is 0 Å². The summed E-state index contributed by atoms with van der Waals surface area (Å²) in [5.41, 5.74) is 0. The smallest absolute Gasteiger partial charge is 0.306 e. The predicted octanol–water partition coefficient (Wildman–Crippen LogP) is 14.1. The van der Waals surface area contributed by atoms with Gasteiger partial charge in [-0.1, -0.05) is 164 Å². The summed E-state index contributed by atoms with van der Waals surface area (Å²) in [5.74, 6) is -1.03. The first-order valence-corrected chi connectivity index (χ1v) is 22.1. The fourth-order valence-corrected chi connectivity index (χ4v) is 5.53. The standard InChI is InChI=1S/C49H80O6/c1-4-7-10-13-16-19-22-24-26-27-30-33-36-39-42-48(51)54-45-46(44-53-47(50)41-38-35-32-29-21-18-15-12-9-6-3)55-49(52)43-40-37-34-31-28-25-23-20-17-14-11-8-5-2/h8,11-13,15-17,20,22,24-25,28,34,37,46H,4-7,9-10,14,18-19,21,23,26-27,29-33,35-36,38-45H2,1-3H3/b11-8-,15-12-,16-13-,20-17-,24-22-,28-25-,37-34-. The highest BCUT2D eigenvalue weighted by Crippen LogP contribution is 2.11. The van der Waals surface area contributed by atoms with Crippen molar-refractivity contribution >= 4 is 17.9 Å². The SMILES string of the molecule is CC/C=C\C/C=C\C/C=C\C/C=C\CCC(=O)OC(COC(=O)CCCCCCC/C=C\C/C=C\CCCC)COC(=O)CCCCCCC/C=C\CCC. The van der Waals surface area contributed by atoms with Crippen LogP contribution in [0.4, 0.5) is 0 Å². The summed E-state index contributed by atoms with van der Waals surface area (Å²) in [6.07, 6.45) is 54.4. The molecule has 0 saturated carbocycles. The summed E-state index contributed by atoms with van der Waals surface area (Å²) in [7, 11) is 0. The minimum Gasteiger partial charge on any atom is -0.462 e. The van der Waals surface area contributed by atoms with Crippen LogP contribution in [-0.4, -0.2) is 37.2 Å². The Labute approximate surface area is 337 Å². The molecule has 1 atom stereocenters. The van der Waals surface area contributed by atoms with E-state index in [0.717, 1.165) is 109 Å². The van der Waals surface area contributed by atoms with Crippen molar-refractivity contribution in [1.82, 2.24) is 0 Å². The van der Waals surface area contributed by atoms with Gasteiger partial charge in [0, 0.05) is 19.3 Å². The average Bonchev–Trinajstić information content (AvgIpc) is 3.18. The van der Waals surface area contributed by atoms with E-state index < -0.39 is 12.1 Å². The van der Waals surface area contributed by atoms with E-state index in [1.165, 1.54) is 32.1 Å². The van der Waals surface area contributed by atoms with Crippen molar-refractivity contribution < 1.29 is 28.6 Å². The molecule has 6 nitrogen and oxygen atoms in total. The number of allylic oxidation sites excluding steroid dienone is 14. The van der Waals surface area contributed by atoms with Crippen LogP contribution in [0.25, 0.3) is 0 Å². The number of carbonyl (C=O) groups is 3. The van der Waals surface area contributed by atoms with Crippen LogP contribution < -0.4 is 0 Å². The second-order valence-electron chi connectivity index (χ2n) is 14.2. The van der Waals surface area contributed by atoms with Gasteiger partial charge in [-0.25, -0.2) is 0 Å². The van der Waals surface area contributed by atoms with Crippen molar-refractivity contribution in [2.75, 3.05) is 13.2 Å². The van der Waals surface area contributed by atoms with Crippen LogP contribution in [0, 0.1) is 0 Å². The van der Waals surface area contributed by atoms with Gasteiger partial charge in [0.25, 0.3) is 0 Å². The maximum absolute atomic E-state index is 12.7. The maximum Gasteiger partial charge on any atom is 0.306 e. The van der Waals surface area contributed by atoms with E-state index in [4.69, 9.17) is 14.2 Å². The Morgan fingerprint density at radius 2 is 0.782 bits per heavy atom. The number of hydrogen-bond acceptors (Lipinski definition) is 6. The first-order chi connectivity index (χ1) is 27.0. The highest BCUT2D eigenvalue weighted by Gasteiger charge is 2.19. The lowest BCUT2D eigenvalue weighted by molar-refractivity contribution is -0.166. The highest BCUT2D eigenvalue weighted by molar-refractivity contribution is 5.71. The van der Waals surface area contributed by atoms with E-state index in [1.807, 2.05) is 12.2 Å². The topological polar surface area (TPSA) is 78.9 Å². The average molecular weight is 765 g/mol. The molecular formula is C49H80O6. The van der Waals surface area contributed by atoms with Gasteiger partial charge in [-0.15, -0.1) is 0 Å². The number of ether oxygens (including phenoxy) is 3. The summed E-state index contributed by atoms with van der Waals surface area (Å²) in [6, 6.07) is 0. The molecule has 0 aromatic rings. The van der Waals surface area contributed by atoms with Gasteiger partial charge in [0.05, 0.1) is 0 Å². The number of esters is 3. The molecule has 0 amide bonds. The van der Waals surface area contributed by atoms with E-state index in [9.17, 15) is 14.4 Å². The molecule has 55 heavy (non-hydrogen) atoms. The lowest BCUT2D eigenvalue weighted by atomic mass is 10.1. The summed E-state index contributed by atoms with van der Waals surface area (Å²) in [4.78, 5) is 37.6. The lowest BCUT2D eigenvalue weighted by Gasteiger charge is -2.18. The van der Waals surface area contributed by atoms with Crippen molar-refractivity contribution in [2.45, 2.75) is 194 Å². The van der Waals surface area contributed by atoms with Gasteiger partial charge in [-0.05, 0) is 89.9 Å². The Kier molecular flexibility index (Phi) is 40.6. The number of carbonyl (C=O) groups excluding carboxylic acids is 3. The van der Waals surface area contributed by atoms with Crippen molar-refractivity contribution in [3.63, 3.8) is 0 Å². The van der Waals surface area contributed by atoms with Gasteiger partial charge in [-0.3, -0.25) is 14.4 Å². The van der Waals surface area contributed by atoms with Crippen molar-refractivity contribution in [2.24, 2.45) is 0 Å². The molecule has 1 unspecified atom stereocenters. The van der Waals surface area contributed by atoms with Gasteiger partial charge in [0.15, 0.2) is 6.10 Å².